The Morgan fingerprint density at radius 3 is 2.68 bits per heavy atom. The molecule has 1 saturated carbocycles. The number of fused-ring (bicyclic) bond motifs is 1. The van der Waals surface area contributed by atoms with Crippen LogP contribution in [0, 0.1) is 0 Å². The highest BCUT2D eigenvalue weighted by Gasteiger charge is 2.53. The summed E-state index contributed by atoms with van der Waals surface area (Å²) in [6, 6.07) is 9.11. The molecular formula is C16H22N2O4. The zero-order valence-electron chi connectivity index (χ0n) is 12.7. The largest absolute Gasteiger partial charge is 0.441 e. The number of nitrogens with one attached hydrogen (secondary N) is 1. The van der Waals surface area contributed by atoms with Gasteiger partial charge in [0, 0.05) is 19.1 Å². The number of rotatable bonds is 3. The summed E-state index contributed by atoms with van der Waals surface area (Å²) in [7, 11) is 1.59. The third-order valence-corrected chi connectivity index (χ3v) is 4.71. The van der Waals surface area contributed by atoms with Gasteiger partial charge in [0.05, 0.1) is 6.10 Å². The van der Waals surface area contributed by atoms with Crippen LogP contribution in [0.25, 0.3) is 0 Å². The molecule has 6 atom stereocenters. The Labute approximate surface area is 129 Å². The molecule has 120 valence electrons. The fourth-order valence-corrected chi connectivity index (χ4v) is 3.45. The fraction of sp³-hybridized carbons (Fsp3) is 0.562. The minimum Gasteiger partial charge on any atom is -0.441 e. The van der Waals surface area contributed by atoms with Gasteiger partial charge in [-0.3, -0.25) is 0 Å². The Hall–Kier alpha value is -1.63. The van der Waals surface area contributed by atoms with Crippen LogP contribution >= 0.6 is 0 Å². The average molecular weight is 306 g/mol. The molecule has 1 aromatic rings. The van der Waals surface area contributed by atoms with Gasteiger partial charge in [0.25, 0.3) is 0 Å². The molecule has 0 spiro atoms. The number of nitrogens with zero attached hydrogens (tertiary/aromatic N) is 1. The molecule has 6 heteroatoms. The van der Waals surface area contributed by atoms with Crippen molar-refractivity contribution in [2.45, 2.75) is 49.8 Å². The Kier molecular flexibility index (Phi) is 4.08. The Balaban J connectivity index is 1.72. The van der Waals surface area contributed by atoms with Crippen LogP contribution < -0.4 is 5.32 Å². The van der Waals surface area contributed by atoms with Crippen molar-refractivity contribution in [2.75, 3.05) is 7.05 Å². The monoisotopic (exact) mass is 306 g/mol. The highest BCUT2D eigenvalue weighted by atomic mass is 16.6. The maximum Gasteiger partial charge on any atom is 0.410 e. The van der Waals surface area contributed by atoms with Crippen molar-refractivity contribution in [2.24, 2.45) is 0 Å². The molecule has 2 fully saturated rings. The molecule has 1 amide bonds. The summed E-state index contributed by atoms with van der Waals surface area (Å²) in [5.41, 5.74) is 1.10. The van der Waals surface area contributed by atoms with Gasteiger partial charge in [-0.1, -0.05) is 30.3 Å². The number of carbonyl (C=O) groups is 1. The summed E-state index contributed by atoms with van der Waals surface area (Å²) < 4.78 is 5.21. The molecule has 0 unspecified atom stereocenters. The quantitative estimate of drug-likeness (QED) is 0.764. The van der Waals surface area contributed by atoms with E-state index >= 15 is 0 Å². The van der Waals surface area contributed by atoms with E-state index in [4.69, 9.17) is 4.74 Å². The zero-order chi connectivity index (χ0) is 15.9. The summed E-state index contributed by atoms with van der Waals surface area (Å²) in [6.45, 7) is 2.01. The van der Waals surface area contributed by atoms with Crippen molar-refractivity contribution in [3.05, 3.63) is 35.9 Å². The van der Waals surface area contributed by atoms with Gasteiger partial charge in [0.15, 0.2) is 6.10 Å². The summed E-state index contributed by atoms with van der Waals surface area (Å²) >= 11 is 0. The van der Waals surface area contributed by atoms with E-state index in [0.29, 0.717) is 6.42 Å². The summed E-state index contributed by atoms with van der Waals surface area (Å²) in [5.74, 6) is 0. The van der Waals surface area contributed by atoms with Crippen molar-refractivity contribution in [3.63, 3.8) is 0 Å². The van der Waals surface area contributed by atoms with Crippen LogP contribution in [-0.2, 0) is 4.74 Å². The van der Waals surface area contributed by atoms with Crippen LogP contribution in [0.4, 0.5) is 4.79 Å². The SMILES string of the molecule is C[C@@H](N[C@@H]1C[C@@H](O)[C@H]2[C@H](OC(=O)N2C)[C@H]1O)c1ccccc1. The van der Waals surface area contributed by atoms with E-state index in [1.54, 1.807) is 7.05 Å². The van der Waals surface area contributed by atoms with Gasteiger partial charge in [-0.15, -0.1) is 0 Å². The second-order valence-electron chi connectivity index (χ2n) is 6.15. The predicted octanol–water partition coefficient (Wildman–Crippen LogP) is 0.650. The molecular weight excluding hydrogens is 284 g/mol. The van der Waals surface area contributed by atoms with Gasteiger partial charge in [0.2, 0.25) is 0 Å². The molecule has 1 heterocycles. The third-order valence-electron chi connectivity index (χ3n) is 4.71. The average Bonchev–Trinajstić information content (AvgIpc) is 2.82. The van der Waals surface area contributed by atoms with Crippen molar-refractivity contribution < 1.29 is 19.7 Å². The lowest BCUT2D eigenvalue weighted by Gasteiger charge is -2.40. The molecule has 6 nitrogen and oxygen atoms in total. The lowest BCUT2D eigenvalue weighted by Crippen LogP contribution is -2.61. The first-order valence-corrected chi connectivity index (χ1v) is 7.59. The van der Waals surface area contributed by atoms with Crippen LogP contribution in [0.15, 0.2) is 30.3 Å². The van der Waals surface area contributed by atoms with E-state index in [-0.39, 0.29) is 12.1 Å². The maximum absolute atomic E-state index is 11.6. The number of carbonyl (C=O) groups excluding carboxylic acids is 1. The Morgan fingerprint density at radius 2 is 2.00 bits per heavy atom. The number of amides is 1. The van der Waals surface area contributed by atoms with Gasteiger partial charge < -0.3 is 25.2 Å². The molecule has 0 aromatic heterocycles. The van der Waals surface area contributed by atoms with E-state index in [9.17, 15) is 15.0 Å². The lowest BCUT2D eigenvalue weighted by atomic mass is 9.83. The molecule has 2 aliphatic rings. The molecule has 0 bridgehead atoms. The van der Waals surface area contributed by atoms with Gasteiger partial charge in [-0.2, -0.15) is 0 Å². The van der Waals surface area contributed by atoms with E-state index < -0.39 is 30.4 Å². The number of ether oxygens (including phenoxy) is 1. The standard InChI is InChI=1S/C16H22N2O4/c1-9(10-6-4-3-5-7-10)17-11-8-12(19)13-15(14(11)20)22-16(21)18(13)2/h3-7,9,11-15,17,19-20H,8H2,1-2H3/t9-,11-,12-,13+,14+,15+/m1/s1. The number of aliphatic hydroxyl groups excluding tert-OH is 2. The number of likely N-dealkylation sites (N-methyl/N-ethyl adjacent to an activating group) is 1. The van der Waals surface area contributed by atoms with E-state index in [1.165, 1.54) is 4.90 Å². The normalized spacial score (nSPS) is 35.9. The van der Waals surface area contributed by atoms with Crippen LogP contribution in [0.3, 0.4) is 0 Å². The van der Waals surface area contributed by atoms with Crippen molar-refractivity contribution in [3.8, 4) is 0 Å². The van der Waals surface area contributed by atoms with Crippen LogP contribution in [0.5, 0.6) is 0 Å². The Bertz CT molecular complexity index is 538. The van der Waals surface area contributed by atoms with Gasteiger partial charge in [-0.05, 0) is 18.9 Å². The minimum absolute atomic E-state index is 0.0273. The minimum atomic E-state index is -0.839. The Morgan fingerprint density at radius 1 is 1.32 bits per heavy atom. The molecule has 22 heavy (non-hydrogen) atoms. The second-order valence-corrected chi connectivity index (χ2v) is 6.15. The van der Waals surface area contributed by atoms with Crippen LogP contribution in [-0.4, -0.2) is 58.6 Å². The van der Waals surface area contributed by atoms with Gasteiger partial charge >= 0.3 is 6.09 Å². The predicted molar refractivity (Wildman–Crippen MR) is 80.2 cm³/mol. The lowest BCUT2D eigenvalue weighted by molar-refractivity contribution is -0.0744. The zero-order valence-corrected chi connectivity index (χ0v) is 12.7. The number of aliphatic hydroxyl groups is 2. The molecule has 1 aliphatic carbocycles. The molecule has 1 aliphatic heterocycles. The first-order valence-electron chi connectivity index (χ1n) is 7.59. The number of hydrogen-bond acceptors (Lipinski definition) is 5. The smallest absolute Gasteiger partial charge is 0.410 e. The molecule has 3 N–H and O–H groups in total. The highest BCUT2D eigenvalue weighted by Crippen LogP contribution is 2.32. The topological polar surface area (TPSA) is 82.0 Å². The fourth-order valence-electron chi connectivity index (χ4n) is 3.45. The van der Waals surface area contributed by atoms with E-state index in [0.717, 1.165) is 5.56 Å². The maximum atomic E-state index is 11.6. The number of benzene rings is 1. The first kappa shape index (κ1) is 15.3. The molecule has 1 aromatic carbocycles. The van der Waals surface area contributed by atoms with Crippen molar-refractivity contribution >= 4 is 6.09 Å². The molecule has 3 rings (SSSR count). The molecule has 0 radical (unpaired) electrons. The van der Waals surface area contributed by atoms with Crippen LogP contribution in [0.2, 0.25) is 0 Å². The number of hydrogen-bond donors (Lipinski definition) is 3. The first-order chi connectivity index (χ1) is 10.5. The van der Waals surface area contributed by atoms with Crippen molar-refractivity contribution in [1.82, 2.24) is 10.2 Å². The summed E-state index contributed by atoms with van der Waals surface area (Å²) in [4.78, 5) is 13.0. The summed E-state index contributed by atoms with van der Waals surface area (Å²) in [6.07, 6.45) is -2.37. The van der Waals surface area contributed by atoms with Gasteiger partial charge in [-0.25, -0.2) is 4.79 Å². The van der Waals surface area contributed by atoms with E-state index in [1.807, 2.05) is 37.3 Å². The molecule has 1 saturated heterocycles. The van der Waals surface area contributed by atoms with Gasteiger partial charge in [0.1, 0.15) is 12.1 Å². The second kappa shape index (κ2) is 5.87. The summed E-state index contributed by atoms with van der Waals surface area (Å²) in [5, 5.41) is 24.2. The highest BCUT2D eigenvalue weighted by molar-refractivity contribution is 5.70. The van der Waals surface area contributed by atoms with Crippen molar-refractivity contribution in [1.29, 1.82) is 0 Å². The van der Waals surface area contributed by atoms with Crippen LogP contribution in [0.1, 0.15) is 24.9 Å². The third kappa shape index (κ3) is 2.58. The van der Waals surface area contributed by atoms with E-state index in [2.05, 4.69) is 5.32 Å².